The van der Waals surface area contributed by atoms with Crippen LogP contribution in [-0.2, 0) is 11.5 Å². The summed E-state index contributed by atoms with van der Waals surface area (Å²) in [6.07, 6.45) is 3.98. The van der Waals surface area contributed by atoms with Crippen LogP contribution in [-0.4, -0.2) is 24.2 Å². The summed E-state index contributed by atoms with van der Waals surface area (Å²) in [5, 5.41) is 1.20. The lowest BCUT2D eigenvalue weighted by Gasteiger charge is -2.15. The van der Waals surface area contributed by atoms with Crippen molar-refractivity contribution < 1.29 is 4.74 Å². The summed E-state index contributed by atoms with van der Waals surface area (Å²) in [6.45, 7) is 10.5. The molecule has 0 fully saturated rings. The van der Waals surface area contributed by atoms with Crippen molar-refractivity contribution >= 4 is 34.9 Å². The van der Waals surface area contributed by atoms with Crippen LogP contribution in [0.25, 0.3) is 10.9 Å². The Morgan fingerprint density at radius 1 is 1.37 bits per heavy atom. The third-order valence-corrected chi connectivity index (χ3v) is 5.42. The van der Waals surface area contributed by atoms with Gasteiger partial charge >= 0.3 is 0 Å². The summed E-state index contributed by atoms with van der Waals surface area (Å²) in [5.74, 6) is 0. The van der Waals surface area contributed by atoms with Crippen LogP contribution in [0.15, 0.2) is 22.9 Å². The Bertz CT molecular complexity index is 575. The molecule has 3 nitrogen and oxygen atoms in total. The molecule has 0 saturated heterocycles. The summed E-state index contributed by atoms with van der Waals surface area (Å²) in [5.41, 5.74) is 2.15. The van der Waals surface area contributed by atoms with Gasteiger partial charge in [-0.15, -0.1) is 0 Å². The molecule has 0 N–H and O–H groups in total. The highest BCUT2D eigenvalue weighted by Crippen LogP contribution is 2.26. The van der Waals surface area contributed by atoms with Crippen LogP contribution in [0.1, 0.15) is 5.69 Å². The fourth-order valence-corrected chi connectivity index (χ4v) is 3.22. The molecule has 0 bridgehead atoms. The molecule has 5 heteroatoms. The van der Waals surface area contributed by atoms with Gasteiger partial charge in [0.05, 0.1) is 11.7 Å². The van der Waals surface area contributed by atoms with E-state index in [1.807, 2.05) is 13.1 Å². The second-order valence-corrected chi connectivity index (χ2v) is 12.6. The minimum atomic E-state index is -1.01. The van der Waals surface area contributed by atoms with Crippen LogP contribution in [0.2, 0.25) is 25.7 Å². The summed E-state index contributed by atoms with van der Waals surface area (Å²) in [7, 11) is -1.01. The quantitative estimate of drug-likeness (QED) is 0.595. The van der Waals surface area contributed by atoms with Crippen LogP contribution in [0.3, 0.4) is 0 Å². The number of aromatic nitrogens is 2. The van der Waals surface area contributed by atoms with E-state index in [0.717, 1.165) is 22.3 Å². The Kier molecular flexibility index (Phi) is 4.48. The smallest absolute Gasteiger partial charge is 0.122 e. The van der Waals surface area contributed by atoms with Crippen LogP contribution in [0.4, 0.5) is 0 Å². The number of pyridine rings is 1. The molecule has 2 rings (SSSR count). The van der Waals surface area contributed by atoms with Gasteiger partial charge in [0.15, 0.2) is 0 Å². The predicted molar refractivity (Wildman–Crippen MR) is 86.3 cm³/mol. The SMILES string of the molecule is Cc1cc2c(Br)cn(COCC[Si](C)(C)C)c2cn1. The third-order valence-electron chi connectivity index (χ3n) is 3.08. The van der Waals surface area contributed by atoms with Crippen molar-refractivity contribution in [3.63, 3.8) is 0 Å². The summed E-state index contributed by atoms with van der Waals surface area (Å²) < 4.78 is 9.00. The molecule has 0 unspecified atom stereocenters. The van der Waals surface area contributed by atoms with Gasteiger partial charge in [-0.25, -0.2) is 0 Å². The Balaban J connectivity index is 2.05. The van der Waals surface area contributed by atoms with E-state index in [0.29, 0.717) is 6.73 Å². The Labute approximate surface area is 124 Å². The highest BCUT2D eigenvalue weighted by atomic mass is 79.9. The van der Waals surface area contributed by atoms with Gasteiger partial charge < -0.3 is 9.30 Å². The van der Waals surface area contributed by atoms with Crippen LogP contribution in [0, 0.1) is 6.92 Å². The molecule has 0 aliphatic heterocycles. The third kappa shape index (κ3) is 3.90. The predicted octanol–water partition coefficient (Wildman–Crippen LogP) is 4.42. The van der Waals surface area contributed by atoms with Gasteiger partial charge in [0, 0.05) is 36.4 Å². The van der Waals surface area contributed by atoms with Gasteiger partial charge in [-0.1, -0.05) is 19.6 Å². The highest BCUT2D eigenvalue weighted by molar-refractivity contribution is 9.10. The van der Waals surface area contributed by atoms with Gasteiger partial charge in [-0.2, -0.15) is 0 Å². The molecule has 2 aromatic heterocycles. The normalized spacial score (nSPS) is 12.3. The summed E-state index contributed by atoms with van der Waals surface area (Å²) in [6, 6.07) is 3.29. The summed E-state index contributed by atoms with van der Waals surface area (Å²) in [4.78, 5) is 4.36. The molecular formula is C14H21BrN2OSi. The average molecular weight is 341 g/mol. The number of nitrogens with zero attached hydrogens (tertiary/aromatic N) is 2. The Hall–Kier alpha value is -0.653. The van der Waals surface area contributed by atoms with Crippen molar-refractivity contribution in [3.05, 3.63) is 28.6 Å². The molecule has 0 aliphatic rings. The molecule has 2 aromatic rings. The first kappa shape index (κ1) is 14.7. The van der Waals surface area contributed by atoms with Gasteiger partial charge in [0.2, 0.25) is 0 Å². The highest BCUT2D eigenvalue weighted by Gasteiger charge is 2.12. The van der Waals surface area contributed by atoms with Crippen LogP contribution < -0.4 is 0 Å². The molecule has 0 spiro atoms. The maximum absolute atomic E-state index is 5.80. The molecule has 2 heterocycles. The van der Waals surface area contributed by atoms with Crippen molar-refractivity contribution in [1.82, 2.24) is 9.55 Å². The molecule has 0 radical (unpaired) electrons. The van der Waals surface area contributed by atoms with Crippen molar-refractivity contribution in [2.45, 2.75) is 39.3 Å². The molecule has 0 atom stereocenters. The van der Waals surface area contributed by atoms with E-state index >= 15 is 0 Å². The molecule has 19 heavy (non-hydrogen) atoms. The standard InChI is InChI=1S/C14H21BrN2OSi/c1-11-7-12-13(15)9-17(14(12)8-16-11)10-18-5-6-19(2,3)4/h7-9H,5-6,10H2,1-4H3. The molecule has 0 saturated carbocycles. The zero-order chi connectivity index (χ0) is 14.0. The number of hydrogen-bond acceptors (Lipinski definition) is 2. The number of hydrogen-bond donors (Lipinski definition) is 0. The first-order chi connectivity index (χ1) is 8.87. The van der Waals surface area contributed by atoms with Gasteiger partial charge in [-0.3, -0.25) is 4.98 Å². The van der Waals surface area contributed by atoms with E-state index in [4.69, 9.17) is 4.74 Å². The van der Waals surface area contributed by atoms with E-state index in [-0.39, 0.29) is 0 Å². The van der Waals surface area contributed by atoms with E-state index in [2.05, 4.69) is 57.4 Å². The largest absolute Gasteiger partial charge is 0.361 e. The molecular weight excluding hydrogens is 320 g/mol. The Morgan fingerprint density at radius 3 is 2.79 bits per heavy atom. The molecule has 0 aliphatic carbocycles. The van der Waals surface area contributed by atoms with Crippen molar-refractivity contribution in [2.75, 3.05) is 6.61 Å². The molecule has 104 valence electrons. The van der Waals surface area contributed by atoms with E-state index < -0.39 is 8.07 Å². The van der Waals surface area contributed by atoms with Gasteiger partial charge in [0.1, 0.15) is 6.73 Å². The van der Waals surface area contributed by atoms with Crippen LogP contribution >= 0.6 is 15.9 Å². The maximum Gasteiger partial charge on any atom is 0.122 e. The van der Waals surface area contributed by atoms with Gasteiger partial charge in [-0.05, 0) is 35.0 Å². The molecule has 0 aromatic carbocycles. The second kappa shape index (κ2) is 5.77. The summed E-state index contributed by atoms with van der Waals surface area (Å²) >= 11 is 3.60. The fraction of sp³-hybridized carbons (Fsp3) is 0.500. The second-order valence-electron chi connectivity index (χ2n) is 6.14. The minimum absolute atomic E-state index is 0.595. The molecule has 0 amide bonds. The lowest BCUT2D eigenvalue weighted by molar-refractivity contribution is 0.0901. The number of aryl methyl sites for hydroxylation is 1. The van der Waals surface area contributed by atoms with Crippen molar-refractivity contribution in [3.8, 4) is 0 Å². The minimum Gasteiger partial charge on any atom is -0.361 e. The first-order valence-electron chi connectivity index (χ1n) is 6.55. The number of halogens is 1. The van der Waals surface area contributed by atoms with Crippen molar-refractivity contribution in [2.24, 2.45) is 0 Å². The van der Waals surface area contributed by atoms with Crippen LogP contribution in [0.5, 0.6) is 0 Å². The first-order valence-corrected chi connectivity index (χ1v) is 11.1. The maximum atomic E-state index is 5.80. The number of rotatable bonds is 5. The lowest BCUT2D eigenvalue weighted by atomic mass is 10.3. The number of ether oxygens (including phenoxy) is 1. The zero-order valence-corrected chi connectivity index (χ0v) is 14.6. The zero-order valence-electron chi connectivity index (χ0n) is 12.0. The van der Waals surface area contributed by atoms with E-state index in [9.17, 15) is 0 Å². The monoisotopic (exact) mass is 340 g/mol. The lowest BCUT2D eigenvalue weighted by Crippen LogP contribution is -2.21. The average Bonchev–Trinajstić information content (AvgIpc) is 2.60. The Morgan fingerprint density at radius 2 is 2.11 bits per heavy atom. The number of fused-ring (bicyclic) bond motifs is 1. The fourth-order valence-electron chi connectivity index (χ4n) is 1.90. The van der Waals surface area contributed by atoms with E-state index in [1.54, 1.807) is 0 Å². The van der Waals surface area contributed by atoms with Gasteiger partial charge in [0.25, 0.3) is 0 Å². The van der Waals surface area contributed by atoms with E-state index in [1.165, 1.54) is 11.4 Å². The topological polar surface area (TPSA) is 27.1 Å². The van der Waals surface area contributed by atoms with Crippen molar-refractivity contribution in [1.29, 1.82) is 0 Å².